The third kappa shape index (κ3) is 5.35. The molecule has 3 rings (SSSR count). The summed E-state index contributed by atoms with van der Waals surface area (Å²) in [4.78, 5) is 12.2. The number of amides is 2. The molecule has 2 amide bonds. The van der Waals surface area contributed by atoms with Crippen molar-refractivity contribution in [1.29, 1.82) is 0 Å². The fourth-order valence-corrected chi connectivity index (χ4v) is 2.77. The summed E-state index contributed by atoms with van der Waals surface area (Å²) in [5.74, 6) is 2.15. The third-order valence-electron chi connectivity index (χ3n) is 4.13. The van der Waals surface area contributed by atoms with Gasteiger partial charge in [-0.05, 0) is 55.5 Å². The molecule has 2 aromatic rings. The summed E-state index contributed by atoms with van der Waals surface area (Å²) >= 11 is 0. The van der Waals surface area contributed by atoms with E-state index < -0.39 is 0 Å². The van der Waals surface area contributed by atoms with Gasteiger partial charge in [0, 0.05) is 12.3 Å². The Balaban J connectivity index is 1.51. The molecular weight excluding hydrogens is 348 g/mol. The van der Waals surface area contributed by atoms with Crippen LogP contribution in [0.5, 0.6) is 17.2 Å². The fraction of sp³-hybridized carbons (Fsp3) is 0.350. The number of benzene rings is 2. The van der Waals surface area contributed by atoms with Gasteiger partial charge in [0.05, 0.1) is 26.4 Å². The number of anilines is 1. The van der Waals surface area contributed by atoms with Crippen molar-refractivity contribution >= 4 is 11.7 Å². The molecule has 1 aliphatic rings. The Kier molecular flexibility index (Phi) is 6.51. The van der Waals surface area contributed by atoms with Crippen LogP contribution in [-0.2, 0) is 9.47 Å². The maximum atomic E-state index is 12.2. The van der Waals surface area contributed by atoms with Crippen LogP contribution in [0.1, 0.15) is 6.92 Å². The number of nitrogens with one attached hydrogen (secondary N) is 2. The molecule has 1 saturated heterocycles. The summed E-state index contributed by atoms with van der Waals surface area (Å²) in [7, 11) is 1.62. The van der Waals surface area contributed by atoms with E-state index in [1.54, 1.807) is 31.4 Å². The molecule has 0 bridgehead atoms. The average molecular weight is 372 g/mol. The summed E-state index contributed by atoms with van der Waals surface area (Å²) in [6, 6.07) is 14.0. The van der Waals surface area contributed by atoms with Crippen molar-refractivity contribution in [3.8, 4) is 17.2 Å². The number of rotatable bonds is 7. The van der Waals surface area contributed by atoms with Gasteiger partial charge in [-0.25, -0.2) is 4.79 Å². The molecule has 0 spiro atoms. The van der Waals surface area contributed by atoms with Crippen LogP contribution in [0.25, 0.3) is 0 Å². The number of carbonyl (C=O) groups is 1. The van der Waals surface area contributed by atoms with Crippen LogP contribution >= 0.6 is 0 Å². The predicted octanol–water partition coefficient (Wildman–Crippen LogP) is 3.41. The molecule has 1 fully saturated rings. The van der Waals surface area contributed by atoms with Gasteiger partial charge in [0.1, 0.15) is 23.4 Å². The minimum atomic E-state index is -0.293. The monoisotopic (exact) mass is 372 g/mol. The first-order chi connectivity index (χ1) is 13.2. The van der Waals surface area contributed by atoms with Gasteiger partial charge >= 0.3 is 6.03 Å². The normalized spacial score (nSPS) is 18.7. The van der Waals surface area contributed by atoms with Crippen molar-refractivity contribution in [3.05, 3.63) is 48.5 Å². The van der Waals surface area contributed by atoms with Gasteiger partial charge < -0.3 is 29.6 Å². The third-order valence-corrected chi connectivity index (χ3v) is 4.13. The summed E-state index contributed by atoms with van der Waals surface area (Å²) in [5, 5.41) is 5.69. The van der Waals surface area contributed by atoms with E-state index >= 15 is 0 Å². The zero-order valence-electron chi connectivity index (χ0n) is 15.4. The highest BCUT2D eigenvalue weighted by Crippen LogP contribution is 2.25. The Morgan fingerprint density at radius 2 is 1.67 bits per heavy atom. The Morgan fingerprint density at radius 1 is 1.04 bits per heavy atom. The van der Waals surface area contributed by atoms with Crippen LogP contribution in [0.15, 0.2) is 48.5 Å². The van der Waals surface area contributed by atoms with Gasteiger partial charge in [0.2, 0.25) is 0 Å². The van der Waals surface area contributed by atoms with Gasteiger partial charge in [-0.15, -0.1) is 0 Å². The van der Waals surface area contributed by atoms with Crippen molar-refractivity contribution in [1.82, 2.24) is 5.32 Å². The molecule has 0 aromatic heterocycles. The van der Waals surface area contributed by atoms with E-state index in [4.69, 9.17) is 18.9 Å². The maximum Gasteiger partial charge on any atom is 0.319 e. The van der Waals surface area contributed by atoms with E-state index in [-0.39, 0.29) is 18.2 Å². The average Bonchev–Trinajstić information content (AvgIpc) is 3.11. The number of urea groups is 1. The van der Waals surface area contributed by atoms with Gasteiger partial charge in [-0.3, -0.25) is 0 Å². The van der Waals surface area contributed by atoms with Gasteiger partial charge in [0.15, 0.2) is 0 Å². The molecule has 2 aromatic carbocycles. The number of carbonyl (C=O) groups excluding carboxylic acids is 1. The van der Waals surface area contributed by atoms with Crippen molar-refractivity contribution < 1.29 is 23.7 Å². The molecule has 0 radical (unpaired) electrons. The van der Waals surface area contributed by atoms with Crippen molar-refractivity contribution in [2.24, 2.45) is 0 Å². The second-order valence-electron chi connectivity index (χ2n) is 6.04. The van der Waals surface area contributed by atoms with Gasteiger partial charge in [0.25, 0.3) is 0 Å². The topological polar surface area (TPSA) is 78.1 Å². The van der Waals surface area contributed by atoms with Crippen LogP contribution in [0, 0.1) is 0 Å². The van der Waals surface area contributed by atoms with E-state index in [9.17, 15) is 4.79 Å². The molecule has 27 heavy (non-hydrogen) atoms. The Bertz CT molecular complexity index is 733. The SMILES string of the molecule is CCO[C@H]1COC[C@@H]1NC(=O)Nc1ccc(Oc2ccc(OC)cc2)cc1. The zero-order chi connectivity index (χ0) is 19.1. The predicted molar refractivity (Wildman–Crippen MR) is 102 cm³/mol. The highest BCUT2D eigenvalue weighted by molar-refractivity contribution is 5.89. The van der Waals surface area contributed by atoms with Crippen LogP contribution < -0.4 is 20.1 Å². The molecule has 1 aliphatic heterocycles. The quantitative estimate of drug-likeness (QED) is 0.779. The van der Waals surface area contributed by atoms with E-state index in [2.05, 4.69) is 10.6 Å². The van der Waals surface area contributed by atoms with Crippen LogP contribution in [-0.4, -0.2) is 45.1 Å². The van der Waals surface area contributed by atoms with Crippen molar-refractivity contribution in [3.63, 3.8) is 0 Å². The summed E-state index contributed by atoms with van der Waals surface area (Å²) in [6.45, 7) is 3.46. The molecule has 2 atom stereocenters. The lowest BCUT2D eigenvalue weighted by atomic mass is 10.2. The highest BCUT2D eigenvalue weighted by Gasteiger charge is 2.29. The number of hydrogen-bond acceptors (Lipinski definition) is 5. The minimum Gasteiger partial charge on any atom is -0.497 e. The molecular formula is C20H24N2O5. The summed E-state index contributed by atoms with van der Waals surface area (Å²) in [5.41, 5.74) is 0.668. The molecule has 144 valence electrons. The van der Waals surface area contributed by atoms with Crippen molar-refractivity contribution in [2.45, 2.75) is 19.1 Å². The fourth-order valence-electron chi connectivity index (χ4n) is 2.77. The highest BCUT2D eigenvalue weighted by atomic mass is 16.5. The second kappa shape index (κ2) is 9.25. The van der Waals surface area contributed by atoms with E-state index in [0.717, 1.165) is 5.75 Å². The largest absolute Gasteiger partial charge is 0.497 e. The Hall–Kier alpha value is -2.77. The molecule has 7 heteroatoms. The number of methoxy groups -OCH3 is 1. The Morgan fingerprint density at radius 3 is 2.30 bits per heavy atom. The lowest BCUT2D eigenvalue weighted by molar-refractivity contribution is 0.0428. The molecule has 2 N–H and O–H groups in total. The van der Waals surface area contributed by atoms with Gasteiger partial charge in [-0.1, -0.05) is 0 Å². The zero-order valence-corrected chi connectivity index (χ0v) is 15.4. The lowest BCUT2D eigenvalue weighted by Gasteiger charge is -2.19. The number of ether oxygens (including phenoxy) is 4. The van der Waals surface area contributed by atoms with Gasteiger partial charge in [-0.2, -0.15) is 0 Å². The molecule has 7 nitrogen and oxygen atoms in total. The molecule has 0 saturated carbocycles. The Labute approximate surface area is 158 Å². The van der Waals surface area contributed by atoms with E-state index in [1.165, 1.54) is 0 Å². The standard InChI is InChI=1S/C20H24N2O5/c1-3-26-19-13-25-12-18(19)22-20(23)21-14-4-6-16(7-5-14)27-17-10-8-15(24-2)9-11-17/h4-11,18-19H,3,12-13H2,1-2H3,(H2,21,22,23)/t18-,19-/m0/s1. The first-order valence-corrected chi connectivity index (χ1v) is 8.86. The number of hydrogen-bond donors (Lipinski definition) is 2. The van der Waals surface area contributed by atoms with E-state index in [1.807, 2.05) is 31.2 Å². The van der Waals surface area contributed by atoms with Crippen LogP contribution in [0.4, 0.5) is 10.5 Å². The van der Waals surface area contributed by atoms with E-state index in [0.29, 0.717) is 37.0 Å². The van der Waals surface area contributed by atoms with Crippen LogP contribution in [0.2, 0.25) is 0 Å². The van der Waals surface area contributed by atoms with Crippen LogP contribution in [0.3, 0.4) is 0 Å². The lowest BCUT2D eigenvalue weighted by Crippen LogP contribution is -2.45. The first-order valence-electron chi connectivity index (χ1n) is 8.86. The van der Waals surface area contributed by atoms with Crippen molar-refractivity contribution in [2.75, 3.05) is 32.2 Å². The summed E-state index contributed by atoms with van der Waals surface area (Å²) in [6.07, 6.45) is -0.110. The first kappa shape index (κ1) is 19.0. The smallest absolute Gasteiger partial charge is 0.319 e. The molecule has 0 unspecified atom stereocenters. The maximum absolute atomic E-state index is 12.2. The molecule has 1 heterocycles. The second-order valence-corrected chi connectivity index (χ2v) is 6.04. The minimum absolute atomic E-state index is 0.110. The summed E-state index contributed by atoms with van der Waals surface area (Å²) < 4.78 is 21.8. The molecule has 0 aliphatic carbocycles.